The van der Waals surface area contributed by atoms with E-state index in [9.17, 15) is 18.0 Å². The molecule has 0 saturated carbocycles. The summed E-state index contributed by atoms with van der Waals surface area (Å²) in [6, 6.07) is 8.82. The van der Waals surface area contributed by atoms with Gasteiger partial charge in [0.25, 0.3) is 0 Å². The van der Waals surface area contributed by atoms with Gasteiger partial charge < -0.3 is 8.92 Å². The number of ether oxygens (including phenoxy) is 1. The van der Waals surface area contributed by atoms with Crippen LogP contribution in [0.15, 0.2) is 41.8 Å². The van der Waals surface area contributed by atoms with E-state index in [1.165, 1.54) is 4.90 Å². The maximum atomic E-state index is 12.3. The molecule has 2 aliphatic rings. The van der Waals surface area contributed by atoms with Gasteiger partial charge in [-0.25, -0.2) is 4.79 Å². The third kappa shape index (κ3) is 3.21. The van der Waals surface area contributed by atoms with Crippen LogP contribution < -0.4 is 0 Å². The highest BCUT2D eigenvalue weighted by molar-refractivity contribution is 7.86. The van der Waals surface area contributed by atoms with Gasteiger partial charge in [-0.2, -0.15) is 8.42 Å². The molecule has 8 heteroatoms. The summed E-state index contributed by atoms with van der Waals surface area (Å²) in [5.74, 6) is -1.03. The van der Waals surface area contributed by atoms with E-state index in [0.717, 1.165) is 11.8 Å². The second-order valence-electron chi connectivity index (χ2n) is 5.45. The largest absolute Gasteiger partial charge is 0.456 e. The predicted octanol–water partition coefficient (Wildman–Crippen LogP) is 0.922. The molecule has 1 amide bonds. The lowest BCUT2D eigenvalue weighted by molar-refractivity contribution is -0.151. The highest BCUT2D eigenvalue weighted by atomic mass is 32.2. The van der Waals surface area contributed by atoms with E-state index in [4.69, 9.17) is 8.92 Å². The average molecular weight is 337 g/mol. The quantitative estimate of drug-likeness (QED) is 0.451. The van der Waals surface area contributed by atoms with Crippen molar-refractivity contribution in [3.63, 3.8) is 0 Å². The molecule has 1 saturated heterocycles. The molecule has 2 heterocycles. The first kappa shape index (κ1) is 15.5. The van der Waals surface area contributed by atoms with Gasteiger partial charge in [-0.15, -0.1) is 0 Å². The lowest BCUT2D eigenvalue weighted by Gasteiger charge is -2.34. The fourth-order valence-electron chi connectivity index (χ4n) is 2.66. The van der Waals surface area contributed by atoms with Gasteiger partial charge in [0.05, 0.1) is 12.3 Å². The van der Waals surface area contributed by atoms with Crippen LogP contribution in [0.25, 0.3) is 0 Å². The van der Waals surface area contributed by atoms with Crippen LogP contribution in [0, 0.1) is 0 Å². The highest BCUT2D eigenvalue weighted by Crippen LogP contribution is 2.39. The van der Waals surface area contributed by atoms with Crippen LogP contribution in [0.1, 0.15) is 18.4 Å². The standard InChI is InChI=1S/C15H15NO6S/c1-23(19,20)22-12-7-11-8-13(17)16(11)14(12)15(18)21-9-10-5-3-2-4-6-10/h2-6,11H,7-9H2,1H3. The Labute approximate surface area is 133 Å². The summed E-state index contributed by atoms with van der Waals surface area (Å²) >= 11 is 0. The van der Waals surface area contributed by atoms with Crippen LogP contribution in [0.4, 0.5) is 0 Å². The summed E-state index contributed by atoms with van der Waals surface area (Å²) in [6.07, 6.45) is 1.37. The van der Waals surface area contributed by atoms with Gasteiger partial charge in [0.1, 0.15) is 6.61 Å². The maximum absolute atomic E-state index is 12.3. The fourth-order valence-corrected chi connectivity index (χ4v) is 3.17. The summed E-state index contributed by atoms with van der Waals surface area (Å²) in [5, 5.41) is 0. The van der Waals surface area contributed by atoms with Crippen LogP contribution in [0.3, 0.4) is 0 Å². The monoisotopic (exact) mass is 337 g/mol. The number of nitrogens with zero attached hydrogens (tertiary/aromatic N) is 1. The summed E-state index contributed by atoms with van der Waals surface area (Å²) < 4.78 is 32.7. The van der Waals surface area contributed by atoms with Crippen molar-refractivity contribution in [1.29, 1.82) is 0 Å². The van der Waals surface area contributed by atoms with Gasteiger partial charge in [-0.3, -0.25) is 9.69 Å². The van der Waals surface area contributed by atoms with Crippen LogP contribution >= 0.6 is 0 Å². The molecule has 3 rings (SSSR count). The number of benzene rings is 1. The molecule has 0 radical (unpaired) electrons. The number of hydrogen-bond donors (Lipinski definition) is 0. The van der Waals surface area contributed by atoms with E-state index in [1.54, 1.807) is 12.1 Å². The minimum atomic E-state index is -3.78. The molecule has 1 atom stereocenters. The minimum absolute atomic E-state index is 0.0265. The zero-order chi connectivity index (χ0) is 16.6. The topological polar surface area (TPSA) is 90.0 Å². The molecule has 0 bridgehead atoms. The van der Waals surface area contributed by atoms with E-state index in [-0.39, 0.29) is 42.9 Å². The third-order valence-corrected chi connectivity index (χ3v) is 4.13. The molecule has 0 aromatic heterocycles. The normalized spacial score (nSPS) is 20.1. The van der Waals surface area contributed by atoms with Crippen molar-refractivity contribution in [2.75, 3.05) is 6.26 Å². The Balaban J connectivity index is 1.79. The molecule has 7 nitrogen and oxygen atoms in total. The van der Waals surface area contributed by atoms with Crippen molar-refractivity contribution in [3.8, 4) is 0 Å². The second-order valence-corrected chi connectivity index (χ2v) is 7.02. The number of carbonyl (C=O) groups is 2. The molecule has 2 aliphatic heterocycles. The molecule has 0 aliphatic carbocycles. The van der Waals surface area contributed by atoms with Gasteiger partial charge in [0, 0.05) is 12.8 Å². The van der Waals surface area contributed by atoms with E-state index in [0.29, 0.717) is 0 Å². The van der Waals surface area contributed by atoms with Crippen LogP contribution in [-0.4, -0.2) is 37.5 Å². The van der Waals surface area contributed by atoms with Gasteiger partial charge in [-0.05, 0) is 5.56 Å². The first-order valence-electron chi connectivity index (χ1n) is 7.01. The SMILES string of the molecule is CS(=O)(=O)OC1=C(C(=O)OCc2ccccc2)N2C(=O)CC2C1. The second kappa shape index (κ2) is 5.69. The number of amides is 1. The van der Waals surface area contributed by atoms with Crippen molar-refractivity contribution in [3.05, 3.63) is 47.4 Å². The van der Waals surface area contributed by atoms with Gasteiger partial charge in [-0.1, -0.05) is 30.3 Å². The maximum Gasteiger partial charge on any atom is 0.358 e. The van der Waals surface area contributed by atoms with Crippen LogP contribution in [0.5, 0.6) is 0 Å². The Morgan fingerprint density at radius 3 is 2.57 bits per heavy atom. The zero-order valence-corrected chi connectivity index (χ0v) is 13.2. The molecule has 1 unspecified atom stereocenters. The first-order valence-corrected chi connectivity index (χ1v) is 8.82. The Hall–Kier alpha value is -2.35. The number of fused-ring (bicyclic) bond motifs is 1. The molecule has 0 N–H and O–H groups in total. The van der Waals surface area contributed by atoms with Crippen molar-refractivity contribution in [2.45, 2.75) is 25.5 Å². The van der Waals surface area contributed by atoms with Gasteiger partial charge in [0.2, 0.25) is 5.91 Å². The smallest absolute Gasteiger partial charge is 0.358 e. The van der Waals surface area contributed by atoms with Gasteiger partial charge >= 0.3 is 16.1 Å². The number of β-lactam (4-membered cyclic amide) rings is 1. The van der Waals surface area contributed by atoms with E-state index >= 15 is 0 Å². The molecular weight excluding hydrogens is 322 g/mol. The molecule has 23 heavy (non-hydrogen) atoms. The van der Waals surface area contributed by atoms with Crippen LogP contribution in [0.2, 0.25) is 0 Å². The van der Waals surface area contributed by atoms with Crippen molar-refractivity contribution in [2.24, 2.45) is 0 Å². The average Bonchev–Trinajstić information content (AvgIpc) is 2.76. The van der Waals surface area contributed by atoms with Crippen molar-refractivity contribution >= 4 is 22.0 Å². The number of esters is 1. The lowest BCUT2D eigenvalue weighted by Crippen LogP contribution is -2.49. The molecule has 1 fully saturated rings. The number of rotatable bonds is 5. The predicted molar refractivity (Wildman–Crippen MR) is 79.1 cm³/mol. The molecule has 1 aromatic rings. The summed E-state index contributed by atoms with van der Waals surface area (Å²) in [7, 11) is -3.78. The van der Waals surface area contributed by atoms with E-state index in [1.807, 2.05) is 18.2 Å². The molecule has 122 valence electrons. The Bertz CT molecular complexity index is 783. The Morgan fingerprint density at radius 1 is 1.26 bits per heavy atom. The van der Waals surface area contributed by atoms with E-state index < -0.39 is 16.1 Å². The number of carbonyl (C=O) groups excluding carboxylic acids is 2. The summed E-state index contributed by atoms with van der Waals surface area (Å²) in [5.41, 5.74) is 0.684. The minimum Gasteiger partial charge on any atom is -0.456 e. The zero-order valence-electron chi connectivity index (χ0n) is 12.4. The summed E-state index contributed by atoms with van der Waals surface area (Å²) in [6.45, 7) is 0.0298. The third-order valence-electron chi connectivity index (χ3n) is 3.63. The first-order chi connectivity index (χ1) is 10.8. The van der Waals surface area contributed by atoms with E-state index in [2.05, 4.69) is 0 Å². The summed E-state index contributed by atoms with van der Waals surface area (Å²) in [4.78, 5) is 25.3. The Kier molecular flexibility index (Phi) is 3.85. The van der Waals surface area contributed by atoms with Crippen molar-refractivity contribution < 1.29 is 26.9 Å². The fraction of sp³-hybridized carbons (Fsp3) is 0.333. The number of hydrogen-bond acceptors (Lipinski definition) is 6. The van der Waals surface area contributed by atoms with Gasteiger partial charge in [0.15, 0.2) is 11.5 Å². The van der Waals surface area contributed by atoms with Crippen molar-refractivity contribution in [1.82, 2.24) is 4.90 Å². The Morgan fingerprint density at radius 2 is 1.96 bits per heavy atom. The molecule has 0 spiro atoms. The van der Waals surface area contributed by atoms with Crippen LogP contribution in [-0.2, 0) is 35.2 Å². The highest BCUT2D eigenvalue weighted by Gasteiger charge is 2.49. The lowest BCUT2D eigenvalue weighted by atomic mass is 10.0. The molecule has 1 aromatic carbocycles. The molecular formula is C15H15NO6S.